The van der Waals surface area contributed by atoms with Gasteiger partial charge in [-0.3, -0.25) is 0 Å². The van der Waals surface area contributed by atoms with Gasteiger partial charge in [0.15, 0.2) is 0 Å². The third kappa shape index (κ3) is 1.71. The van der Waals surface area contributed by atoms with Crippen molar-refractivity contribution in [2.45, 2.75) is 31.5 Å². The summed E-state index contributed by atoms with van der Waals surface area (Å²) in [4.78, 5) is 4.46. The highest BCUT2D eigenvalue weighted by Crippen LogP contribution is 2.37. The van der Waals surface area contributed by atoms with Crippen LogP contribution in [0.2, 0.25) is 0 Å². The number of aromatic nitrogens is 2. The molecule has 0 spiro atoms. The standard InChI is InChI=1S/C13H16FN3O/c1-18-10-5-9(6-10)17-12-4-8(14)2-3-11(12)16-13(17)7-15/h2-4,9-10H,5-7,15H2,1H3. The van der Waals surface area contributed by atoms with E-state index in [4.69, 9.17) is 10.5 Å². The van der Waals surface area contributed by atoms with Crippen LogP contribution in [-0.4, -0.2) is 22.8 Å². The molecule has 3 rings (SSSR count). The van der Waals surface area contributed by atoms with Crippen molar-refractivity contribution in [2.24, 2.45) is 5.73 Å². The van der Waals surface area contributed by atoms with Crippen LogP contribution in [0.15, 0.2) is 18.2 Å². The number of ether oxygens (including phenoxy) is 1. The molecule has 0 saturated heterocycles. The van der Waals surface area contributed by atoms with Gasteiger partial charge >= 0.3 is 0 Å². The van der Waals surface area contributed by atoms with Crippen molar-refractivity contribution in [1.82, 2.24) is 9.55 Å². The zero-order valence-corrected chi connectivity index (χ0v) is 10.3. The molecule has 0 atom stereocenters. The number of fused-ring (bicyclic) bond motifs is 1. The van der Waals surface area contributed by atoms with Crippen LogP contribution in [0, 0.1) is 5.82 Å². The normalized spacial score (nSPS) is 23.3. The summed E-state index contributed by atoms with van der Waals surface area (Å²) in [5.41, 5.74) is 7.36. The Balaban J connectivity index is 2.05. The van der Waals surface area contributed by atoms with E-state index in [9.17, 15) is 4.39 Å². The first kappa shape index (κ1) is 11.6. The number of nitrogens with two attached hydrogens (primary N) is 1. The van der Waals surface area contributed by atoms with Crippen molar-refractivity contribution in [3.8, 4) is 0 Å². The smallest absolute Gasteiger partial charge is 0.125 e. The van der Waals surface area contributed by atoms with Gasteiger partial charge in [-0.1, -0.05) is 0 Å². The van der Waals surface area contributed by atoms with Gasteiger partial charge in [-0.15, -0.1) is 0 Å². The van der Waals surface area contributed by atoms with Crippen molar-refractivity contribution >= 4 is 11.0 Å². The number of nitrogens with zero attached hydrogens (tertiary/aromatic N) is 2. The minimum absolute atomic E-state index is 0.241. The van der Waals surface area contributed by atoms with Crippen LogP contribution >= 0.6 is 0 Å². The van der Waals surface area contributed by atoms with Crippen LogP contribution in [0.3, 0.4) is 0 Å². The third-order valence-electron chi connectivity index (χ3n) is 3.68. The van der Waals surface area contributed by atoms with E-state index in [1.165, 1.54) is 12.1 Å². The summed E-state index contributed by atoms with van der Waals surface area (Å²) in [5, 5.41) is 0. The molecule has 1 fully saturated rings. The number of hydrogen-bond donors (Lipinski definition) is 1. The van der Waals surface area contributed by atoms with Gasteiger partial charge < -0.3 is 15.0 Å². The molecule has 1 aliphatic carbocycles. The van der Waals surface area contributed by atoms with Gasteiger partial charge in [0.05, 0.1) is 23.7 Å². The molecule has 1 aromatic carbocycles. The molecule has 2 aromatic rings. The molecule has 2 N–H and O–H groups in total. The predicted molar refractivity (Wildman–Crippen MR) is 66.7 cm³/mol. The van der Waals surface area contributed by atoms with Crippen molar-refractivity contribution < 1.29 is 9.13 Å². The molecule has 4 nitrogen and oxygen atoms in total. The Hall–Kier alpha value is -1.46. The van der Waals surface area contributed by atoms with Gasteiger partial charge in [-0.05, 0) is 31.0 Å². The van der Waals surface area contributed by atoms with Crippen LogP contribution in [0.25, 0.3) is 11.0 Å². The second kappa shape index (κ2) is 4.33. The first-order valence-corrected chi connectivity index (χ1v) is 6.12. The van der Waals surface area contributed by atoms with Crippen molar-refractivity contribution in [3.63, 3.8) is 0 Å². The highest BCUT2D eigenvalue weighted by Gasteiger charge is 2.32. The topological polar surface area (TPSA) is 53.1 Å². The fourth-order valence-electron chi connectivity index (χ4n) is 2.61. The maximum atomic E-state index is 13.4. The number of methoxy groups -OCH3 is 1. The first-order valence-electron chi connectivity index (χ1n) is 6.12. The van der Waals surface area contributed by atoms with E-state index in [0.717, 1.165) is 29.7 Å². The van der Waals surface area contributed by atoms with E-state index in [2.05, 4.69) is 9.55 Å². The van der Waals surface area contributed by atoms with E-state index in [1.807, 2.05) is 0 Å². The fraction of sp³-hybridized carbons (Fsp3) is 0.462. The lowest BCUT2D eigenvalue weighted by atomic mass is 9.88. The lowest BCUT2D eigenvalue weighted by Gasteiger charge is -2.36. The van der Waals surface area contributed by atoms with E-state index >= 15 is 0 Å². The van der Waals surface area contributed by atoms with Gasteiger partial charge in [-0.2, -0.15) is 0 Å². The molecule has 0 unspecified atom stereocenters. The number of rotatable bonds is 3. The van der Waals surface area contributed by atoms with Gasteiger partial charge in [0, 0.05) is 13.2 Å². The van der Waals surface area contributed by atoms with Gasteiger partial charge in [-0.25, -0.2) is 9.37 Å². The molecule has 1 aromatic heterocycles. The second-order valence-corrected chi connectivity index (χ2v) is 4.72. The average molecular weight is 249 g/mol. The summed E-state index contributed by atoms with van der Waals surface area (Å²) < 4.78 is 20.7. The monoisotopic (exact) mass is 249 g/mol. The lowest BCUT2D eigenvalue weighted by Crippen LogP contribution is -2.33. The summed E-state index contributed by atoms with van der Waals surface area (Å²) in [6.45, 7) is 0.366. The summed E-state index contributed by atoms with van der Waals surface area (Å²) in [6, 6.07) is 4.98. The molecule has 1 saturated carbocycles. The molecule has 0 aliphatic heterocycles. The van der Waals surface area contributed by atoms with Crippen molar-refractivity contribution in [2.75, 3.05) is 7.11 Å². The zero-order chi connectivity index (χ0) is 12.7. The molecule has 1 aliphatic rings. The Morgan fingerprint density at radius 1 is 1.50 bits per heavy atom. The highest BCUT2D eigenvalue weighted by molar-refractivity contribution is 5.76. The van der Waals surface area contributed by atoms with Gasteiger partial charge in [0.25, 0.3) is 0 Å². The molecule has 0 radical (unpaired) electrons. The fourth-order valence-corrected chi connectivity index (χ4v) is 2.61. The Labute approximate surface area is 105 Å². The maximum Gasteiger partial charge on any atom is 0.125 e. The number of imidazole rings is 1. The lowest BCUT2D eigenvalue weighted by molar-refractivity contribution is 0.00659. The van der Waals surface area contributed by atoms with E-state index < -0.39 is 0 Å². The van der Waals surface area contributed by atoms with E-state index in [-0.39, 0.29) is 5.82 Å². The summed E-state index contributed by atoms with van der Waals surface area (Å²) in [7, 11) is 1.72. The molecule has 96 valence electrons. The van der Waals surface area contributed by atoms with Crippen LogP contribution in [0.4, 0.5) is 4.39 Å². The SMILES string of the molecule is COC1CC(n2c(CN)nc3ccc(F)cc32)C1. The minimum atomic E-state index is -0.241. The van der Waals surface area contributed by atoms with Crippen LogP contribution in [0.1, 0.15) is 24.7 Å². The zero-order valence-electron chi connectivity index (χ0n) is 10.3. The number of hydrogen-bond acceptors (Lipinski definition) is 3. The second-order valence-electron chi connectivity index (χ2n) is 4.72. The highest BCUT2D eigenvalue weighted by atomic mass is 19.1. The predicted octanol–water partition coefficient (Wildman–Crippen LogP) is 1.98. The molecule has 0 amide bonds. The molecular formula is C13H16FN3O. The van der Waals surface area contributed by atoms with Crippen LogP contribution in [-0.2, 0) is 11.3 Å². The number of halogens is 1. The summed E-state index contributed by atoms with van der Waals surface area (Å²) >= 11 is 0. The van der Waals surface area contributed by atoms with Gasteiger partial charge in [0.1, 0.15) is 11.6 Å². The van der Waals surface area contributed by atoms with Crippen molar-refractivity contribution in [1.29, 1.82) is 0 Å². The van der Waals surface area contributed by atoms with E-state index in [1.54, 1.807) is 13.2 Å². The van der Waals surface area contributed by atoms with Gasteiger partial charge in [0.2, 0.25) is 0 Å². The Morgan fingerprint density at radius 2 is 2.28 bits per heavy atom. The molecular weight excluding hydrogens is 233 g/mol. The Kier molecular flexibility index (Phi) is 2.80. The van der Waals surface area contributed by atoms with Crippen molar-refractivity contribution in [3.05, 3.63) is 29.8 Å². The first-order chi connectivity index (χ1) is 8.72. The number of benzene rings is 1. The molecule has 1 heterocycles. The summed E-state index contributed by atoms with van der Waals surface area (Å²) in [5.74, 6) is 0.574. The maximum absolute atomic E-state index is 13.4. The largest absolute Gasteiger partial charge is 0.381 e. The molecule has 0 bridgehead atoms. The Bertz CT molecular complexity index is 575. The average Bonchev–Trinajstić information content (AvgIpc) is 2.66. The third-order valence-corrected chi connectivity index (χ3v) is 3.68. The quantitative estimate of drug-likeness (QED) is 0.905. The van der Waals surface area contributed by atoms with E-state index in [0.29, 0.717) is 18.7 Å². The molecule has 18 heavy (non-hydrogen) atoms. The van der Waals surface area contributed by atoms with Crippen LogP contribution in [0.5, 0.6) is 0 Å². The summed E-state index contributed by atoms with van der Waals surface area (Å²) in [6.07, 6.45) is 2.17. The minimum Gasteiger partial charge on any atom is -0.381 e. The van der Waals surface area contributed by atoms with Crippen LogP contribution < -0.4 is 5.73 Å². The molecule has 5 heteroatoms. The Morgan fingerprint density at radius 3 is 2.94 bits per heavy atom.